The van der Waals surface area contributed by atoms with E-state index in [0.29, 0.717) is 30.0 Å². The number of ether oxygens (including phenoxy) is 1. The number of anilines is 1. The molecule has 6 heteroatoms. The fourth-order valence-electron chi connectivity index (χ4n) is 2.07. The molecule has 1 atom stereocenters. The maximum atomic E-state index is 11.5. The zero-order valence-corrected chi connectivity index (χ0v) is 10.8. The van der Waals surface area contributed by atoms with Crippen LogP contribution in [0.5, 0.6) is 5.75 Å². The molecular formula is C13H16N2O4. The SMILES string of the molecule is CN(C)C(C(=O)O)c1ccc2c(c1)NC(=O)CCO2. The van der Waals surface area contributed by atoms with Crippen molar-refractivity contribution in [3.63, 3.8) is 0 Å². The molecule has 6 nitrogen and oxygen atoms in total. The van der Waals surface area contributed by atoms with Crippen LogP contribution in [0.1, 0.15) is 18.0 Å². The topological polar surface area (TPSA) is 78.9 Å². The zero-order chi connectivity index (χ0) is 14.0. The third-order valence-corrected chi connectivity index (χ3v) is 2.93. The van der Waals surface area contributed by atoms with Crippen LogP contribution in [0, 0.1) is 0 Å². The summed E-state index contributed by atoms with van der Waals surface area (Å²) in [5.74, 6) is -0.504. The van der Waals surface area contributed by atoms with E-state index in [0.717, 1.165) is 0 Å². The molecule has 1 unspecified atom stereocenters. The van der Waals surface area contributed by atoms with Crippen molar-refractivity contribution >= 4 is 17.6 Å². The number of fused-ring (bicyclic) bond motifs is 1. The molecular weight excluding hydrogens is 248 g/mol. The number of benzene rings is 1. The van der Waals surface area contributed by atoms with Crippen molar-refractivity contribution < 1.29 is 19.4 Å². The Morgan fingerprint density at radius 1 is 1.47 bits per heavy atom. The molecule has 1 heterocycles. The Labute approximate surface area is 111 Å². The number of hydrogen-bond acceptors (Lipinski definition) is 4. The van der Waals surface area contributed by atoms with Gasteiger partial charge < -0.3 is 15.2 Å². The van der Waals surface area contributed by atoms with Gasteiger partial charge in [0.05, 0.1) is 18.7 Å². The number of nitrogens with one attached hydrogen (secondary N) is 1. The van der Waals surface area contributed by atoms with E-state index in [9.17, 15) is 14.7 Å². The molecule has 0 spiro atoms. The highest BCUT2D eigenvalue weighted by Gasteiger charge is 2.24. The number of aliphatic carboxylic acids is 1. The molecule has 102 valence electrons. The summed E-state index contributed by atoms with van der Waals surface area (Å²) in [6.45, 7) is 0.328. The van der Waals surface area contributed by atoms with Crippen LogP contribution in [0.25, 0.3) is 0 Å². The van der Waals surface area contributed by atoms with Crippen LogP contribution in [-0.4, -0.2) is 42.6 Å². The first kappa shape index (κ1) is 13.4. The molecule has 1 aliphatic rings. The number of likely N-dealkylation sites (N-methyl/N-ethyl adjacent to an activating group) is 1. The Kier molecular flexibility index (Phi) is 3.71. The normalized spacial score (nSPS) is 16.1. The predicted octanol–water partition coefficient (Wildman–Crippen LogP) is 1.09. The Balaban J connectivity index is 2.39. The summed E-state index contributed by atoms with van der Waals surface area (Å²) in [5.41, 5.74) is 1.12. The van der Waals surface area contributed by atoms with Gasteiger partial charge in [-0.05, 0) is 31.8 Å². The third-order valence-electron chi connectivity index (χ3n) is 2.93. The van der Waals surface area contributed by atoms with E-state index in [1.807, 2.05) is 0 Å². The Morgan fingerprint density at radius 3 is 2.84 bits per heavy atom. The zero-order valence-electron chi connectivity index (χ0n) is 10.8. The molecule has 0 bridgehead atoms. The van der Waals surface area contributed by atoms with Gasteiger partial charge in [-0.3, -0.25) is 14.5 Å². The summed E-state index contributed by atoms with van der Waals surface area (Å²) in [6, 6.07) is 4.28. The standard InChI is InChI=1S/C13H16N2O4/c1-15(2)12(13(17)18)8-3-4-10-9(7-8)14-11(16)5-6-19-10/h3-4,7,12H,5-6H2,1-2H3,(H,14,16)(H,17,18). The molecule has 2 rings (SSSR count). The minimum absolute atomic E-state index is 0.132. The molecule has 0 radical (unpaired) electrons. The lowest BCUT2D eigenvalue weighted by Gasteiger charge is -2.21. The minimum atomic E-state index is -0.939. The first-order valence-corrected chi connectivity index (χ1v) is 5.95. The van der Waals surface area contributed by atoms with Gasteiger partial charge >= 0.3 is 5.97 Å². The molecule has 1 aliphatic heterocycles. The largest absolute Gasteiger partial charge is 0.491 e. The number of carboxylic acids is 1. The summed E-state index contributed by atoms with van der Waals surface area (Å²) < 4.78 is 5.43. The number of nitrogens with zero attached hydrogens (tertiary/aromatic N) is 1. The first-order valence-electron chi connectivity index (χ1n) is 5.95. The van der Waals surface area contributed by atoms with Gasteiger partial charge in [-0.15, -0.1) is 0 Å². The summed E-state index contributed by atoms with van der Waals surface area (Å²) in [6.07, 6.45) is 0.292. The molecule has 0 aromatic heterocycles. The summed E-state index contributed by atoms with van der Waals surface area (Å²) in [5, 5.41) is 12.0. The Bertz CT molecular complexity index is 513. The van der Waals surface area contributed by atoms with Gasteiger partial charge in [-0.1, -0.05) is 6.07 Å². The van der Waals surface area contributed by atoms with Crippen molar-refractivity contribution in [2.75, 3.05) is 26.0 Å². The third kappa shape index (κ3) is 2.85. The summed E-state index contributed by atoms with van der Waals surface area (Å²) >= 11 is 0. The van der Waals surface area contributed by atoms with E-state index in [2.05, 4.69) is 5.32 Å². The molecule has 0 aliphatic carbocycles. The maximum Gasteiger partial charge on any atom is 0.325 e. The van der Waals surface area contributed by atoms with Crippen molar-refractivity contribution in [1.82, 2.24) is 4.90 Å². The lowest BCUT2D eigenvalue weighted by atomic mass is 10.0. The van der Waals surface area contributed by atoms with Crippen molar-refractivity contribution in [3.8, 4) is 5.75 Å². The number of hydrogen-bond donors (Lipinski definition) is 2. The van der Waals surface area contributed by atoms with Crippen LogP contribution >= 0.6 is 0 Å². The molecule has 2 N–H and O–H groups in total. The van der Waals surface area contributed by atoms with Gasteiger partial charge in [0.25, 0.3) is 0 Å². The van der Waals surface area contributed by atoms with Gasteiger partial charge in [0.1, 0.15) is 11.8 Å². The van der Waals surface area contributed by atoms with Crippen molar-refractivity contribution in [2.24, 2.45) is 0 Å². The maximum absolute atomic E-state index is 11.5. The van der Waals surface area contributed by atoms with E-state index < -0.39 is 12.0 Å². The van der Waals surface area contributed by atoms with Crippen molar-refractivity contribution in [2.45, 2.75) is 12.5 Å². The van der Waals surface area contributed by atoms with Gasteiger partial charge in [-0.2, -0.15) is 0 Å². The van der Waals surface area contributed by atoms with E-state index in [4.69, 9.17) is 4.74 Å². The van der Waals surface area contributed by atoms with Gasteiger partial charge in [0, 0.05) is 0 Å². The molecule has 19 heavy (non-hydrogen) atoms. The van der Waals surface area contributed by atoms with Crippen LogP contribution < -0.4 is 10.1 Å². The molecule has 1 amide bonds. The molecule has 1 aromatic carbocycles. The summed E-state index contributed by atoms with van der Waals surface area (Å²) in [7, 11) is 3.39. The fraction of sp³-hybridized carbons (Fsp3) is 0.385. The molecule has 0 saturated heterocycles. The number of rotatable bonds is 3. The predicted molar refractivity (Wildman–Crippen MR) is 69.2 cm³/mol. The number of carboxylic acid groups (broad SMARTS) is 1. The molecule has 0 fully saturated rings. The van der Waals surface area contributed by atoms with Gasteiger partial charge in [0.15, 0.2) is 0 Å². The Hall–Kier alpha value is -2.08. The molecule has 0 saturated carbocycles. The van der Waals surface area contributed by atoms with Gasteiger partial charge in [-0.25, -0.2) is 0 Å². The highest BCUT2D eigenvalue weighted by molar-refractivity contribution is 5.93. The van der Waals surface area contributed by atoms with E-state index in [1.165, 1.54) is 0 Å². The lowest BCUT2D eigenvalue weighted by Crippen LogP contribution is -2.27. The number of carbonyl (C=O) groups is 2. The van der Waals surface area contributed by atoms with Crippen LogP contribution in [0.2, 0.25) is 0 Å². The number of amides is 1. The van der Waals surface area contributed by atoms with Crippen LogP contribution in [-0.2, 0) is 9.59 Å². The van der Waals surface area contributed by atoms with Crippen molar-refractivity contribution in [3.05, 3.63) is 23.8 Å². The summed E-state index contributed by atoms with van der Waals surface area (Å²) in [4.78, 5) is 24.4. The lowest BCUT2D eigenvalue weighted by molar-refractivity contribution is -0.142. The van der Waals surface area contributed by atoms with Crippen LogP contribution in [0.4, 0.5) is 5.69 Å². The first-order chi connectivity index (χ1) is 8.99. The quantitative estimate of drug-likeness (QED) is 0.854. The monoisotopic (exact) mass is 264 g/mol. The average molecular weight is 264 g/mol. The van der Waals surface area contributed by atoms with E-state index >= 15 is 0 Å². The minimum Gasteiger partial charge on any atom is -0.491 e. The Morgan fingerprint density at radius 2 is 2.21 bits per heavy atom. The van der Waals surface area contributed by atoms with E-state index in [-0.39, 0.29) is 5.91 Å². The number of carbonyl (C=O) groups excluding carboxylic acids is 1. The average Bonchev–Trinajstić information content (AvgIpc) is 2.48. The van der Waals surface area contributed by atoms with Crippen LogP contribution in [0.15, 0.2) is 18.2 Å². The van der Waals surface area contributed by atoms with Gasteiger partial charge in [0.2, 0.25) is 5.91 Å². The second-order valence-corrected chi connectivity index (χ2v) is 4.61. The van der Waals surface area contributed by atoms with E-state index in [1.54, 1.807) is 37.2 Å². The highest BCUT2D eigenvalue weighted by atomic mass is 16.5. The van der Waals surface area contributed by atoms with Crippen LogP contribution in [0.3, 0.4) is 0 Å². The second kappa shape index (κ2) is 5.27. The van der Waals surface area contributed by atoms with Crippen molar-refractivity contribution in [1.29, 1.82) is 0 Å². The fourth-order valence-corrected chi connectivity index (χ4v) is 2.07. The molecule has 1 aromatic rings. The highest BCUT2D eigenvalue weighted by Crippen LogP contribution is 2.31. The smallest absolute Gasteiger partial charge is 0.325 e. The second-order valence-electron chi connectivity index (χ2n) is 4.61.